The van der Waals surface area contributed by atoms with E-state index < -0.39 is 35.5 Å². The number of aromatic amines is 1. The fourth-order valence-corrected chi connectivity index (χ4v) is 2.81. The molecule has 0 radical (unpaired) electrons. The number of nitrogens with one attached hydrogen (secondary N) is 1. The number of hydrogen-bond donors (Lipinski definition) is 2. The molecule has 1 aliphatic heterocycles. The van der Waals surface area contributed by atoms with Gasteiger partial charge in [0, 0.05) is 6.42 Å². The summed E-state index contributed by atoms with van der Waals surface area (Å²) in [5.74, 6) is -0.359. The molecule has 2 heterocycles. The quantitative estimate of drug-likeness (QED) is 0.774. The summed E-state index contributed by atoms with van der Waals surface area (Å²) in [7, 11) is 1.58. The topological polar surface area (TPSA) is 103 Å². The van der Waals surface area contributed by atoms with Crippen LogP contribution in [0, 0.1) is 5.82 Å². The van der Waals surface area contributed by atoms with Crippen molar-refractivity contribution in [2.45, 2.75) is 31.5 Å². The number of hydrogen-bond acceptors (Lipinski definition) is 6. The van der Waals surface area contributed by atoms with Crippen LogP contribution < -0.4 is 16.0 Å². The van der Waals surface area contributed by atoms with Crippen LogP contribution in [-0.4, -0.2) is 40.6 Å². The Labute approximate surface area is 147 Å². The lowest BCUT2D eigenvalue weighted by molar-refractivity contribution is -0.0659. The fraction of sp³-hybridized carbons (Fsp3) is 0.412. The van der Waals surface area contributed by atoms with Gasteiger partial charge in [0.15, 0.2) is 0 Å². The molecule has 0 aliphatic carbocycles. The number of benzene rings is 1. The van der Waals surface area contributed by atoms with Gasteiger partial charge in [-0.2, -0.15) is 4.39 Å². The molecule has 1 fully saturated rings. The predicted octanol–water partition coefficient (Wildman–Crippen LogP) is 0.549. The van der Waals surface area contributed by atoms with Crippen molar-refractivity contribution in [1.82, 2.24) is 9.55 Å². The molecule has 2 N–H and O–H groups in total. The molecule has 1 aromatic heterocycles. The van der Waals surface area contributed by atoms with Crippen molar-refractivity contribution < 1.29 is 23.7 Å². The van der Waals surface area contributed by atoms with E-state index in [2.05, 4.69) is 0 Å². The molecule has 1 aromatic carbocycles. The van der Waals surface area contributed by atoms with Gasteiger partial charge < -0.3 is 19.3 Å². The van der Waals surface area contributed by atoms with Crippen LogP contribution >= 0.6 is 0 Å². The van der Waals surface area contributed by atoms with Crippen LogP contribution in [0.1, 0.15) is 18.2 Å². The number of rotatable bonds is 6. The maximum absolute atomic E-state index is 13.5. The lowest BCUT2D eigenvalue weighted by Gasteiger charge is -2.16. The number of aromatic nitrogens is 2. The highest BCUT2D eigenvalue weighted by atomic mass is 19.1. The van der Waals surface area contributed by atoms with E-state index in [1.807, 2.05) is 17.1 Å². The zero-order chi connectivity index (χ0) is 18.7. The molecule has 8 nitrogen and oxygen atoms in total. The fourth-order valence-electron chi connectivity index (χ4n) is 2.81. The second-order valence-electron chi connectivity index (χ2n) is 5.89. The van der Waals surface area contributed by atoms with Crippen molar-refractivity contribution in [2.24, 2.45) is 0 Å². The highest BCUT2D eigenvalue weighted by Gasteiger charge is 2.37. The first-order valence-electron chi connectivity index (χ1n) is 8.03. The molecule has 1 saturated heterocycles. The summed E-state index contributed by atoms with van der Waals surface area (Å²) in [5, 5.41) is 9.49. The zero-order valence-electron chi connectivity index (χ0n) is 14.1. The van der Waals surface area contributed by atoms with E-state index in [4.69, 9.17) is 14.2 Å². The van der Waals surface area contributed by atoms with E-state index in [-0.39, 0.29) is 19.6 Å². The minimum Gasteiger partial charge on any atom is -0.497 e. The molecule has 0 bridgehead atoms. The largest absolute Gasteiger partial charge is 0.497 e. The molecule has 0 spiro atoms. The molecule has 9 heteroatoms. The van der Waals surface area contributed by atoms with Crippen LogP contribution in [0.4, 0.5) is 4.39 Å². The van der Waals surface area contributed by atoms with Gasteiger partial charge in [0.2, 0.25) is 5.82 Å². The Bertz CT molecular complexity index is 863. The summed E-state index contributed by atoms with van der Waals surface area (Å²) in [5.41, 5.74) is -0.970. The Kier molecular flexibility index (Phi) is 5.50. The third-order valence-corrected chi connectivity index (χ3v) is 4.22. The van der Waals surface area contributed by atoms with Gasteiger partial charge >= 0.3 is 5.69 Å². The van der Waals surface area contributed by atoms with Crippen LogP contribution in [-0.2, 0) is 16.1 Å². The molecule has 0 amide bonds. The third-order valence-electron chi connectivity index (χ3n) is 4.22. The Hall–Kier alpha value is -2.49. The minimum atomic E-state index is -1.09. The first-order valence-corrected chi connectivity index (χ1v) is 8.03. The SMILES string of the molecule is COc1ccc(CO[C@H]2C[C@H](n3cc(F)c(=O)[nH]c3=O)O[C@@H]2CO)cc1. The van der Waals surface area contributed by atoms with E-state index in [0.717, 1.165) is 22.1 Å². The van der Waals surface area contributed by atoms with Gasteiger partial charge in [-0.15, -0.1) is 0 Å². The number of aliphatic hydroxyl groups is 1. The summed E-state index contributed by atoms with van der Waals surface area (Å²) < 4.78 is 30.9. The average molecular weight is 366 g/mol. The maximum atomic E-state index is 13.5. The van der Waals surface area contributed by atoms with Gasteiger partial charge in [-0.1, -0.05) is 12.1 Å². The molecule has 3 rings (SSSR count). The average Bonchev–Trinajstić information content (AvgIpc) is 3.06. The third kappa shape index (κ3) is 3.85. The monoisotopic (exact) mass is 366 g/mol. The van der Waals surface area contributed by atoms with Gasteiger partial charge in [0.1, 0.15) is 18.1 Å². The van der Waals surface area contributed by atoms with Gasteiger partial charge in [-0.25, -0.2) is 4.79 Å². The van der Waals surface area contributed by atoms with Gasteiger partial charge in [0.05, 0.1) is 32.6 Å². The molecule has 1 aliphatic rings. The van der Waals surface area contributed by atoms with Crippen LogP contribution in [0.15, 0.2) is 40.1 Å². The second-order valence-corrected chi connectivity index (χ2v) is 5.89. The van der Waals surface area contributed by atoms with Crippen LogP contribution in [0.2, 0.25) is 0 Å². The molecule has 2 aromatic rings. The normalized spacial score (nSPS) is 22.5. The molecule has 140 valence electrons. The van der Waals surface area contributed by atoms with Crippen molar-refractivity contribution >= 4 is 0 Å². The van der Waals surface area contributed by atoms with E-state index in [1.165, 1.54) is 0 Å². The van der Waals surface area contributed by atoms with Gasteiger partial charge in [-0.05, 0) is 17.7 Å². The van der Waals surface area contributed by atoms with Crippen molar-refractivity contribution in [3.05, 3.63) is 62.7 Å². The summed E-state index contributed by atoms with van der Waals surface area (Å²) in [6.07, 6.45) is -0.972. The van der Waals surface area contributed by atoms with E-state index in [0.29, 0.717) is 0 Å². The smallest absolute Gasteiger partial charge is 0.330 e. The van der Waals surface area contributed by atoms with Crippen molar-refractivity contribution in [2.75, 3.05) is 13.7 Å². The van der Waals surface area contributed by atoms with E-state index in [9.17, 15) is 19.1 Å². The first-order chi connectivity index (χ1) is 12.5. The standard InChI is InChI=1S/C17H19FN2O6/c1-24-11-4-2-10(3-5-11)9-25-13-6-15(26-14(13)8-21)20-7-12(18)16(22)19-17(20)23/h2-5,7,13-15,21H,6,8-9H2,1H3,(H,19,22,23)/t13-,14+,15+/m0/s1. The summed E-state index contributed by atoms with van der Waals surface area (Å²) in [6.45, 7) is -0.0412. The van der Waals surface area contributed by atoms with Crippen molar-refractivity contribution in [1.29, 1.82) is 0 Å². The molecule has 3 atom stereocenters. The predicted molar refractivity (Wildman–Crippen MR) is 88.5 cm³/mol. The summed E-state index contributed by atoms with van der Waals surface area (Å²) >= 11 is 0. The van der Waals surface area contributed by atoms with E-state index >= 15 is 0 Å². The summed E-state index contributed by atoms with van der Waals surface area (Å²) in [6, 6.07) is 7.31. The molecule has 0 unspecified atom stereocenters. The second kappa shape index (κ2) is 7.81. The van der Waals surface area contributed by atoms with E-state index in [1.54, 1.807) is 19.2 Å². The molecule has 0 saturated carbocycles. The maximum Gasteiger partial charge on any atom is 0.330 e. The minimum absolute atomic E-state index is 0.229. The molecular formula is C17H19FN2O6. The Balaban J connectivity index is 1.69. The first kappa shape index (κ1) is 18.3. The Morgan fingerprint density at radius 2 is 2.08 bits per heavy atom. The highest BCUT2D eigenvalue weighted by molar-refractivity contribution is 5.26. The highest BCUT2D eigenvalue weighted by Crippen LogP contribution is 2.30. The van der Waals surface area contributed by atoms with Crippen molar-refractivity contribution in [3.8, 4) is 5.75 Å². The lowest BCUT2D eigenvalue weighted by atomic mass is 10.1. The number of methoxy groups -OCH3 is 1. The number of halogens is 1. The van der Waals surface area contributed by atoms with Crippen molar-refractivity contribution in [3.63, 3.8) is 0 Å². The molecular weight excluding hydrogens is 347 g/mol. The Morgan fingerprint density at radius 1 is 1.35 bits per heavy atom. The lowest BCUT2D eigenvalue weighted by Crippen LogP contribution is -2.34. The number of nitrogens with zero attached hydrogens (tertiary/aromatic N) is 1. The Morgan fingerprint density at radius 3 is 2.73 bits per heavy atom. The van der Waals surface area contributed by atoms with Crippen LogP contribution in [0.5, 0.6) is 5.75 Å². The summed E-state index contributed by atoms with van der Waals surface area (Å²) in [4.78, 5) is 24.9. The van der Waals surface area contributed by atoms with Gasteiger partial charge in [-0.3, -0.25) is 14.3 Å². The zero-order valence-corrected chi connectivity index (χ0v) is 14.1. The number of aliphatic hydroxyl groups excluding tert-OH is 1. The number of H-pyrrole nitrogens is 1. The molecule has 26 heavy (non-hydrogen) atoms. The van der Waals surface area contributed by atoms with Crippen LogP contribution in [0.25, 0.3) is 0 Å². The van der Waals surface area contributed by atoms with Crippen LogP contribution in [0.3, 0.4) is 0 Å². The van der Waals surface area contributed by atoms with Gasteiger partial charge in [0.25, 0.3) is 5.56 Å². The number of ether oxygens (including phenoxy) is 3.